The van der Waals surface area contributed by atoms with Gasteiger partial charge in [0.05, 0.1) is 0 Å². The summed E-state index contributed by atoms with van der Waals surface area (Å²) in [4.78, 5) is 15.1. The number of benzene rings is 2. The van der Waals surface area contributed by atoms with Gasteiger partial charge in [0.15, 0.2) is 0 Å². The van der Waals surface area contributed by atoms with Gasteiger partial charge >= 0.3 is 0 Å². The molecule has 2 aromatic carbocycles. The average Bonchev–Trinajstić information content (AvgIpc) is 2.68. The van der Waals surface area contributed by atoms with Crippen molar-refractivity contribution in [3.05, 3.63) is 69.7 Å². The minimum atomic E-state index is 0.0176. The number of likely N-dealkylation sites (tertiary alicyclic amines) is 1. The van der Waals surface area contributed by atoms with Gasteiger partial charge in [-0.1, -0.05) is 47.5 Å². The Morgan fingerprint density at radius 1 is 1.04 bits per heavy atom. The number of carbonyl (C=O) groups excluding carboxylic acids is 1. The molecule has 0 bridgehead atoms. The maximum Gasteiger partial charge on any atom is 0.223 e. The highest BCUT2D eigenvalue weighted by Crippen LogP contribution is 2.27. The van der Waals surface area contributed by atoms with Crippen LogP contribution in [0.3, 0.4) is 0 Å². The van der Waals surface area contributed by atoms with Crippen molar-refractivity contribution in [3.8, 4) is 0 Å². The second-order valence-corrected chi connectivity index (χ2v) is 8.74. The van der Waals surface area contributed by atoms with Gasteiger partial charge in [-0.3, -0.25) is 4.79 Å². The Bertz CT molecular complexity index is 768. The molecule has 2 aromatic rings. The van der Waals surface area contributed by atoms with E-state index in [-0.39, 0.29) is 23.8 Å². The van der Waals surface area contributed by atoms with Crippen LogP contribution in [0, 0.1) is 5.92 Å². The Balaban J connectivity index is 1.74. The van der Waals surface area contributed by atoms with Gasteiger partial charge in [0, 0.05) is 27.9 Å². The molecule has 1 amide bonds. The normalized spacial score (nSPS) is 17.9. The number of rotatable bonds is 6. The standard InChI is InChI=1S/C23H28Cl2N2O/c1-16(26-23(28)19-11-13-27(2)14-12-19)22(18-5-9-21(25)10-6-18)15-17-3-7-20(24)8-4-17/h3-10,16,19,22H,11-15H2,1-2H3,(H,26,28). The number of hydrogen-bond donors (Lipinski definition) is 1. The fraction of sp³-hybridized carbons (Fsp3) is 0.435. The molecule has 1 fully saturated rings. The summed E-state index contributed by atoms with van der Waals surface area (Å²) in [6.45, 7) is 4.07. The maximum atomic E-state index is 12.8. The molecule has 2 unspecified atom stereocenters. The number of piperidine rings is 1. The molecule has 3 nitrogen and oxygen atoms in total. The summed E-state index contributed by atoms with van der Waals surface area (Å²) in [6, 6.07) is 15.9. The van der Waals surface area contributed by atoms with E-state index in [0.717, 1.165) is 42.4 Å². The molecular formula is C23H28Cl2N2O. The third-order valence-electron chi connectivity index (χ3n) is 5.73. The van der Waals surface area contributed by atoms with Crippen molar-refractivity contribution in [3.63, 3.8) is 0 Å². The highest BCUT2D eigenvalue weighted by Gasteiger charge is 2.27. The molecule has 0 radical (unpaired) electrons. The second kappa shape index (κ2) is 9.78. The van der Waals surface area contributed by atoms with E-state index in [9.17, 15) is 4.79 Å². The van der Waals surface area contributed by atoms with Crippen LogP contribution in [0.5, 0.6) is 0 Å². The minimum absolute atomic E-state index is 0.0176. The van der Waals surface area contributed by atoms with Crippen LogP contribution in [0.2, 0.25) is 10.0 Å². The quantitative estimate of drug-likeness (QED) is 0.701. The summed E-state index contributed by atoms with van der Waals surface area (Å²) in [5.74, 6) is 0.448. The summed E-state index contributed by atoms with van der Waals surface area (Å²) in [6.07, 6.45) is 2.68. The largest absolute Gasteiger partial charge is 0.353 e. The van der Waals surface area contributed by atoms with Crippen LogP contribution < -0.4 is 5.32 Å². The molecule has 1 heterocycles. The molecule has 2 atom stereocenters. The van der Waals surface area contributed by atoms with E-state index in [0.29, 0.717) is 0 Å². The first-order valence-corrected chi connectivity index (χ1v) is 10.7. The Hall–Kier alpha value is -1.55. The third kappa shape index (κ3) is 5.73. The predicted molar refractivity (Wildman–Crippen MR) is 117 cm³/mol. The number of carbonyl (C=O) groups is 1. The molecule has 150 valence electrons. The summed E-state index contributed by atoms with van der Waals surface area (Å²) < 4.78 is 0. The summed E-state index contributed by atoms with van der Waals surface area (Å²) in [7, 11) is 2.11. The average molecular weight is 419 g/mol. The summed E-state index contributed by atoms with van der Waals surface area (Å²) in [5.41, 5.74) is 2.38. The van der Waals surface area contributed by atoms with Gasteiger partial charge in [0.2, 0.25) is 5.91 Å². The Labute approximate surface area is 178 Å². The molecule has 1 saturated heterocycles. The first-order chi connectivity index (χ1) is 13.4. The minimum Gasteiger partial charge on any atom is -0.353 e. The van der Waals surface area contributed by atoms with E-state index in [1.54, 1.807) is 0 Å². The molecule has 1 N–H and O–H groups in total. The van der Waals surface area contributed by atoms with Crippen LogP contribution in [0.4, 0.5) is 0 Å². The van der Waals surface area contributed by atoms with Crippen molar-refractivity contribution in [2.75, 3.05) is 20.1 Å². The van der Waals surface area contributed by atoms with Gasteiger partial charge in [-0.15, -0.1) is 0 Å². The lowest BCUT2D eigenvalue weighted by molar-refractivity contribution is -0.127. The second-order valence-electron chi connectivity index (χ2n) is 7.86. The van der Waals surface area contributed by atoms with Crippen molar-refractivity contribution in [1.82, 2.24) is 10.2 Å². The summed E-state index contributed by atoms with van der Waals surface area (Å²) in [5, 5.41) is 4.74. The third-order valence-corrected chi connectivity index (χ3v) is 6.23. The van der Waals surface area contributed by atoms with Crippen molar-refractivity contribution in [2.24, 2.45) is 5.92 Å². The van der Waals surface area contributed by atoms with Crippen molar-refractivity contribution < 1.29 is 4.79 Å². The molecule has 0 aliphatic carbocycles. The smallest absolute Gasteiger partial charge is 0.223 e. The fourth-order valence-corrected chi connectivity index (χ4v) is 4.13. The highest BCUT2D eigenvalue weighted by molar-refractivity contribution is 6.30. The SMILES string of the molecule is CC(NC(=O)C1CCN(C)CC1)C(Cc1ccc(Cl)cc1)c1ccc(Cl)cc1. The lowest BCUT2D eigenvalue weighted by Gasteiger charge is -2.31. The zero-order chi connectivity index (χ0) is 20.1. The zero-order valence-corrected chi connectivity index (χ0v) is 18.0. The number of halogens is 2. The number of hydrogen-bond acceptors (Lipinski definition) is 2. The van der Waals surface area contributed by atoms with Crippen LogP contribution in [0.25, 0.3) is 0 Å². The fourth-order valence-electron chi connectivity index (χ4n) is 3.88. The number of nitrogens with one attached hydrogen (secondary N) is 1. The van der Waals surface area contributed by atoms with Crippen LogP contribution >= 0.6 is 23.2 Å². The van der Waals surface area contributed by atoms with Gasteiger partial charge in [-0.05, 0) is 81.7 Å². The number of amides is 1. The van der Waals surface area contributed by atoms with Crippen LogP contribution in [0.15, 0.2) is 48.5 Å². The van der Waals surface area contributed by atoms with Crippen LogP contribution in [-0.2, 0) is 11.2 Å². The van der Waals surface area contributed by atoms with Crippen molar-refractivity contribution >= 4 is 29.1 Å². The monoisotopic (exact) mass is 418 g/mol. The topological polar surface area (TPSA) is 32.3 Å². The molecule has 1 aliphatic rings. The Morgan fingerprint density at radius 3 is 2.14 bits per heavy atom. The van der Waals surface area contributed by atoms with E-state index in [2.05, 4.69) is 48.5 Å². The summed E-state index contributed by atoms with van der Waals surface area (Å²) >= 11 is 12.1. The lowest BCUT2D eigenvalue weighted by Crippen LogP contribution is -2.44. The lowest BCUT2D eigenvalue weighted by atomic mass is 9.86. The van der Waals surface area contributed by atoms with E-state index < -0.39 is 0 Å². The predicted octanol–water partition coefficient (Wildman–Crippen LogP) is 5.17. The molecule has 5 heteroatoms. The van der Waals surface area contributed by atoms with Crippen LogP contribution in [0.1, 0.15) is 36.8 Å². The first-order valence-electron chi connectivity index (χ1n) is 9.91. The molecule has 0 spiro atoms. The Morgan fingerprint density at radius 2 is 1.57 bits per heavy atom. The van der Waals surface area contributed by atoms with Gasteiger partial charge in [-0.2, -0.15) is 0 Å². The van der Waals surface area contributed by atoms with Gasteiger partial charge in [-0.25, -0.2) is 0 Å². The number of nitrogens with zero attached hydrogens (tertiary/aromatic N) is 1. The molecular weight excluding hydrogens is 391 g/mol. The highest BCUT2D eigenvalue weighted by atomic mass is 35.5. The zero-order valence-electron chi connectivity index (χ0n) is 16.5. The van der Waals surface area contributed by atoms with Gasteiger partial charge in [0.1, 0.15) is 0 Å². The van der Waals surface area contributed by atoms with Crippen LogP contribution in [-0.4, -0.2) is 37.0 Å². The van der Waals surface area contributed by atoms with Crippen molar-refractivity contribution in [2.45, 2.75) is 38.1 Å². The van der Waals surface area contributed by atoms with E-state index in [1.807, 2.05) is 24.3 Å². The van der Waals surface area contributed by atoms with E-state index in [4.69, 9.17) is 23.2 Å². The van der Waals surface area contributed by atoms with E-state index in [1.165, 1.54) is 11.1 Å². The van der Waals surface area contributed by atoms with Crippen molar-refractivity contribution in [1.29, 1.82) is 0 Å². The van der Waals surface area contributed by atoms with Gasteiger partial charge < -0.3 is 10.2 Å². The molecule has 3 rings (SSSR count). The Kier molecular flexibility index (Phi) is 7.39. The maximum absolute atomic E-state index is 12.8. The molecule has 0 aromatic heterocycles. The van der Waals surface area contributed by atoms with E-state index >= 15 is 0 Å². The molecule has 1 aliphatic heterocycles. The molecule has 28 heavy (non-hydrogen) atoms. The first kappa shape index (κ1) is 21.2. The van der Waals surface area contributed by atoms with Gasteiger partial charge in [0.25, 0.3) is 0 Å². The molecule has 0 saturated carbocycles.